The number of aryl methyl sites for hydroxylation is 2. The largest absolute Gasteiger partial charge is 0.507 e. The molecule has 0 saturated heterocycles. The highest BCUT2D eigenvalue weighted by molar-refractivity contribution is 6.31. The van der Waals surface area contributed by atoms with Gasteiger partial charge in [0.15, 0.2) is 34.7 Å². The molecule has 3 aliphatic carbocycles. The van der Waals surface area contributed by atoms with Crippen LogP contribution in [0.2, 0.25) is 0 Å². The topological polar surface area (TPSA) is 152 Å². The van der Waals surface area contributed by atoms with Crippen LogP contribution in [-0.2, 0) is 38.4 Å². The van der Waals surface area contributed by atoms with Crippen molar-refractivity contribution in [1.29, 1.82) is 0 Å². The summed E-state index contributed by atoms with van der Waals surface area (Å²) in [6.07, 6.45) is 0.780. The zero-order valence-corrected chi connectivity index (χ0v) is 19.2. The monoisotopic (exact) mass is 493 g/mol. The first-order chi connectivity index (χ1) is 17.0. The molecule has 1 amide bonds. The lowest BCUT2D eigenvalue weighted by atomic mass is 9.54. The first-order valence-corrected chi connectivity index (χ1v) is 11.8. The quantitative estimate of drug-likeness (QED) is 0.542. The van der Waals surface area contributed by atoms with Crippen molar-refractivity contribution >= 4 is 29.0 Å². The van der Waals surface area contributed by atoms with E-state index in [-0.39, 0.29) is 36.4 Å². The van der Waals surface area contributed by atoms with Gasteiger partial charge in [0.1, 0.15) is 11.6 Å². The normalized spacial score (nSPS) is 29.4. The van der Waals surface area contributed by atoms with Crippen LogP contribution in [0.3, 0.4) is 0 Å². The number of phenolic OH excluding ortho intramolecular Hbond substituents is 1. The first-order valence-electron chi connectivity index (χ1n) is 11.8. The van der Waals surface area contributed by atoms with Gasteiger partial charge < -0.3 is 15.9 Å². The molecule has 0 aromatic heterocycles. The number of aliphatic hydroxyl groups is 1. The van der Waals surface area contributed by atoms with Crippen LogP contribution in [0.4, 0.5) is 4.39 Å². The van der Waals surface area contributed by atoms with E-state index in [1.54, 1.807) is 24.3 Å². The number of fused-ring (bicyclic) bond motifs is 3. The number of Topliss-reactive ketones (excluding diaryl/α,β-unsaturated/α-hetero) is 4. The van der Waals surface area contributed by atoms with Crippen LogP contribution >= 0.6 is 0 Å². The molecule has 2 unspecified atom stereocenters. The van der Waals surface area contributed by atoms with Crippen molar-refractivity contribution < 1.29 is 38.6 Å². The zero-order chi connectivity index (χ0) is 25.9. The summed E-state index contributed by atoms with van der Waals surface area (Å²) in [6, 6.07) is 9.35. The molecule has 0 heterocycles. The summed E-state index contributed by atoms with van der Waals surface area (Å²) in [4.78, 5) is 64.1. The van der Waals surface area contributed by atoms with Gasteiger partial charge in [-0.3, -0.25) is 24.0 Å². The van der Waals surface area contributed by atoms with Gasteiger partial charge in [-0.1, -0.05) is 24.3 Å². The number of carbonyl (C=O) groups excluding carboxylic acids is 5. The summed E-state index contributed by atoms with van der Waals surface area (Å²) in [5, 5.41) is 22.2. The molecule has 5 atom stereocenters. The summed E-state index contributed by atoms with van der Waals surface area (Å²) < 4.78 is 13.2. The lowest BCUT2D eigenvalue weighted by molar-refractivity contribution is -0.175. The molecule has 0 aliphatic heterocycles. The maximum absolute atomic E-state index is 13.5. The number of ketones is 4. The number of halogens is 1. The summed E-state index contributed by atoms with van der Waals surface area (Å²) >= 11 is 0. The van der Waals surface area contributed by atoms with Gasteiger partial charge >= 0.3 is 0 Å². The number of amides is 1. The van der Waals surface area contributed by atoms with E-state index in [2.05, 4.69) is 0 Å². The van der Waals surface area contributed by atoms with Crippen LogP contribution in [0.5, 0.6) is 5.75 Å². The van der Waals surface area contributed by atoms with Crippen LogP contribution in [0.1, 0.15) is 39.9 Å². The maximum Gasteiger partial charge on any atom is 0.235 e. The Kier molecular flexibility index (Phi) is 5.63. The smallest absolute Gasteiger partial charge is 0.235 e. The van der Waals surface area contributed by atoms with E-state index >= 15 is 0 Å². The highest BCUT2D eigenvalue weighted by Gasteiger charge is 2.66. The van der Waals surface area contributed by atoms with Gasteiger partial charge in [0.25, 0.3) is 0 Å². The van der Waals surface area contributed by atoms with Crippen molar-refractivity contribution in [3.05, 3.63) is 64.5 Å². The first kappa shape index (κ1) is 24.0. The highest BCUT2D eigenvalue weighted by Crippen LogP contribution is 2.50. The van der Waals surface area contributed by atoms with Gasteiger partial charge in [-0.2, -0.15) is 0 Å². The highest BCUT2D eigenvalue weighted by atomic mass is 19.1. The molecule has 8 nitrogen and oxygen atoms in total. The molecule has 2 aromatic rings. The number of primary amides is 1. The van der Waals surface area contributed by atoms with Crippen LogP contribution in [0, 0.1) is 29.5 Å². The van der Waals surface area contributed by atoms with E-state index in [0.29, 0.717) is 24.0 Å². The molecule has 4 N–H and O–H groups in total. The van der Waals surface area contributed by atoms with Crippen LogP contribution in [-0.4, -0.2) is 44.9 Å². The fourth-order valence-corrected chi connectivity index (χ4v) is 6.12. The second-order valence-corrected chi connectivity index (χ2v) is 9.97. The number of hydrogen-bond acceptors (Lipinski definition) is 7. The number of rotatable bonds is 4. The van der Waals surface area contributed by atoms with Crippen molar-refractivity contribution in [2.45, 2.75) is 37.7 Å². The molecule has 2 aromatic carbocycles. The van der Waals surface area contributed by atoms with Crippen molar-refractivity contribution in [3.63, 3.8) is 0 Å². The molecule has 186 valence electrons. The molecule has 36 heavy (non-hydrogen) atoms. The fourth-order valence-electron chi connectivity index (χ4n) is 6.12. The Hall–Kier alpha value is -3.72. The minimum Gasteiger partial charge on any atom is -0.507 e. The second-order valence-electron chi connectivity index (χ2n) is 9.97. The molecular formula is C27H24FNO7. The zero-order valence-electron chi connectivity index (χ0n) is 19.2. The number of carbonyl (C=O) groups is 5. The third-order valence-corrected chi connectivity index (χ3v) is 7.95. The fraction of sp³-hybridized carbons (Fsp3) is 0.370. The predicted octanol–water partition coefficient (Wildman–Crippen LogP) is 1.25. The van der Waals surface area contributed by atoms with Crippen molar-refractivity contribution in [2.75, 3.05) is 0 Å². The van der Waals surface area contributed by atoms with Crippen molar-refractivity contribution in [2.24, 2.45) is 29.4 Å². The lowest BCUT2D eigenvalue weighted by Gasteiger charge is -2.48. The van der Waals surface area contributed by atoms with Crippen LogP contribution in [0.25, 0.3) is 0 Å². The van der Waals surface area contributed by atoms with Gasteiger partial charge in [-0.15, -0.1) is 0 Å². The Balaban J connectivity index is 1.46. The number of nitrogens with two attached hydrogens (primary N) is 1. The minimum atomic E-state index is -2.66. The summed E-state index contributed by atoms with van der Waals surface area (Å²) in [5.41, 5.74) is 4.37. The van der Waals surface area contributed by atoms with Gasteiger partial charge in [0.2, 0.25) is 5.91 Å². The van der Waals surface area contributed by atoms with Crippen molar-refractivity contribution in [3.8, 4) is 5.75 Å². The van der Waals surface area contributed by atoms with Gasteiger partial charge in [-0.05, 0) is 60.4 Å². The average Bonchev–Trinajstić information content (AvgIpc) is 2.81. The third kappa shape index (κ3) is 3.49. The standard InChI is InChI=1S/C27H24FNO7/c28-17-7-2-12(3-8-17)1-4-13-5-6-14-9-15-10-16-11-18(30)21(26(29)35)25(34)27(16,36)24(33)20(15)23(32)19(14)22(13)31/h2-3,5-8,15-16,20-21,31,36H,1,4,9-11H2,(H2,29,35)/t15-,16-,20?,21?,27-/m0/s1. The minimum absolute atomic E-state index is 0.0194. The Morgan fingerprint density at radius 2 is 1.69 bits per heavy atom. The summed E-state index contributed by atoms with van der Waals surface area (Å²) in [7, 11) is 0. The Morgan fingerprint density at radius 3 is 2.36 bits per heavy atom. The molecule has 0 bridgehead atoms. The number of benzene rings is 2. The molecule has 2 saturated carbocycles. The Morgan fingerprint density at radius 1 is 1.00 bits per heavy atom. The maximum atomic E-state index is 13.5. The molecule has 2 fully saturated rings. The van der Waals surface area contributed by atoms with Gasteiger partial charge in [0.05, 0.1) is 11.5 Å². The molecule has 9 heteroatoms. The van der Waals surface area contributed by atoms with E-state index < -0.39 is 58.3 Å². The van der Waals surface area contributed by atoms with E-state index in [0.717, 1.165) is 5.56 Å². The van der Waals surface area contributed by atoms with Crippen LogP contribution < -0.4 is 5.73 Å². The Bertz CT molecular complexity index is 1330. The molecular weight excluding hydrogens is 469 g/mol. The molecule has 0 radical (unpaired) electrons. The van der Waals surface area contributed by atoms with Crippen molar-refractivity contribution in [1.82, 2.24) is 0 Å². The predicted molar refractivity (Wildman–Crippen MR) is 122 cm³/mol. The van der Waals surface area contributed by atoms with E-state index in [1.165, 1.54) is 12.1 Å². The second kappa shape index (κ2) is 8.44. The van der Waals surface area contributed by atoms with E-state index in [9.17, 15) is 38.6 Å². The number of aromatic hydroxyl groups is 1. The third-order valence-electron chi connectivity index (χ3n) is 7.95. The lowest BCUT2D eigenvalue weighted by Crippen LogP contribution is -2.68. The SMILES string of the molecule is NC(=O)C1C(=O)C[C@@H]2C[C@@H]3Cc4ccc(CCc5ccc(F)cc5)c(O)c4C(=O)C3C(=O)[C@]2(O)C1=O. The number of hydrogen-bond donors (Lipinski definition) is 3. The van der Waals surface area contributed by atoms with E-state index in [1.807, 2.05) is 0 Å². The molecule has 5 rings (SSSR count). The Labute approximate surface area is 205 Å². The van der Waals surface area contributed by atoms with Gasteiger partial charge in [-0.25, -0.2) is 4.39 Å². The summed E-state index contributed by atoms with van der Waals surface area (Å²) in [5.74, 6) is -10.5. The van der Waals surface area contributed by atoms with Crippen LogP contribution in [0.15, 0.2) is 36.4 Å². The molecule has 0 spiro atoms. The summed E-state index contributed by atoms with van der Waals surface area (Å²) in [6.45, 7) is 0. The average molecular weight is 493 g/mol. The van der Waals surface area contributed by atoms with E-state index in [4.69, 9.17) is 5.73 Å². The number of phenols is 1. The van der Waals surface area contributed by atoms with Gasteiger partial charge in [0, 0.05) is 12.3 Å². The molecule has 3 aliphatic rings.